The summed E-state index contributed by atoms with van der Waals surface area (Å²) in [6.45, 7) is 2.45. The Morgan fingerprint density at radius 1 is 1.06 bits per heavy atom. The lowest BCUT2D eigenvalue weighted by Crippen LogP contribution is -2.27. The van der Waals surface area contributed by atoms with E-state index in [2.05, 4.69) is 21.2 Å². The molecule has 0 saturated heterocycles. The second-order valence-electron chi connectivity index (χ2n) is 6.86. The van der Waals surface area contributed by atoms with Gasteiger partial charge < -0.3 is 19.9 Å². The number of benzene rings is 3. The van der Waals surface area contributed by atoms with E-state index in [1.165, 1.54) is 6.08 Å². The van der Waals surface area contributed by atoms with Crippen LogP contribution in [0.2, 0.25) is 5.02 Å². The van der Waals surface area contributed by atoms with Gasteiger partial charge >= 0.3 is 5.97 Å². The van der Waals surface area contributed by atoms with E-state index in [4.69, 9.17) is 21.1 Å². The summed E-state index contributed by atoms with van der Waals surface area (Å²) in [6, 6.07) is 19.2. The molecule has 1 amide bonds. The molecule has 0 spiro atoms. The minimum Gasteiger partial charge on any atom is -0.490 e. The van der Waals surface area contributed by atoms with Gasteiger partial charge in [0, 0.05) is 10.0 Å². The van der Waals surface area contributed by atoms with E-state index >= 15 is 0 Å². The Labute approximate surface area is 204 Å². The SMILES string of the molecule is CCOc1cc(/C=C(/NC(=O)c2ccccc2)C(=O)O)cc(Cl)c1OCc1ccc(Br)cc1. The molecule has 8 heteroatoms. The number of rotatable bonds is 9. The Balaban J connectivity index is 1.86. The Morgan fingerprint density at radius 3 is 2.39 bits per heavy atom. The summed E-state index contributed by atoms with van der Waals surface area (Å²) < 4.78 is 12.5. The van der Waals surface area contributed by atoms with Crippen LogP contribution >= 0.6 is 27.5 Å². The van der Waals surface area contributed by atoms with Crippen LogP contribution in [0.5, 0.6) is 11.5 Å². The topological polar surface area (TPSA) is 84.9 Å². The maximum Gasteiger partial charge on any atom is 0.352 e. The first-order valence-corrected chi connectivity index (χ1v) is 11.2. The van der Waals surface area contributed by atoms with Gasteiger partial charge in [0.25, 0.3) is 5.91 Å². The molecule has 0 aromatic heterocycles. The van der Waals surface area contributed by atoms with Crippen molar-refractivity contribution in [1.82, 2.24) is 5.32 Å². The predicted octanol–water partition coefficient (Wildman–Crippen LogP) is 5.94. The van der Waals surface area contributed by atoms with Crippen molar-refractivity contribution in [2.24, 2.45) is 0 Å². The van der Waals surface area contributed by atoms with Crippen LogP contribution in [0.1, 0.15) is 28.4 Å². The third kappa shape index (κ3) is 6.84. The van der Waals surface area contributed by atoms with Crippen molar-refractivity contribution in [2.75, 3.05) is 6.61 Å². The first kappa shape index (κ1) is 24.4. The fourth-order valence-electron chi connectivity index (χ4n) is 2.91. The first-order valence-electron chi connectivity index (χ1n) is 10.0. The summed E-state index contributed by atoms with van der Waals surface area (Å²) >= 11 is 9.85. The summed E-state index contributed by atoms with van der Waals surface area (Å²) in [5.41, 5.74) is 1.42. The zero-order valence-electron chi connectivity index (χ0n) is 17.7. The monoisotopic (exact) mass is 529 g/mol. The fraction of sp³-hybridized carbons (Fsp3) is 0.120. The van der Waals surface area contributed by atoms with E-state index in [0.717, 1.165) is 10.0 Å². The number of carboxylic acid groups (broad SMARTS) is 1. The highest BCUT2D eigenvalue weighted by Crippen LogP contribution is 2.38. The van der Waals surface area contributed by atoms with Crippen LogP contribution < -0.4 is 14.8 Å². The van der Waals surface area contributed by atoms with Crippen molar-refractivity contribution >= 4 is 45.5 Å². The van der Waals surface area contributed by atoms with Gasteiger partial charge in [-0.3, -0.25) is 4.79 Å². The number of hydrogen-bond donors (Lipinski definition) is 2. The molecule has 3 aromatic rings. The average Bonchev–Trinajstić information content (AvgIpc) is 2.80. The molecule has 0 aliphatic carbocycles. The molecule has 33 heavy (non-hydrogen) atoms. The fourth-order valence-corrected chi connectivity index (χ4v) is 3.45. The second kappa shape index (κ2) is 11.5. The van der Waals surface area contributed by atoms with E-state index in [1.54, 1.807) is 42.5 Å². The number of amides is 1. The van der Waals surface area contributed by atoms with E-state index < -0.39 is 11.9 Å². The van der Waals surface area contributed by atoms with Gasteiger partial charge in [0.2, 0.25) is 0 Å². The van der Waals surface area contributed by atoms with Crippen LogP contribution in [0.3, 0.4) is 0 Å². The number of aliphatic carboxylic acids is 1. The molecule has 170 valence electrons. The summed E-state index contributed by atoms with van der Waals surface area (Å²) in [6.07, 6.45) is 1.32. The van der Waals surface area contributed by atoms with E-state index in [0.29, 0.717) is 29.2 Å². The Hall–Kier alpha value is -3.29. The van der Waals surface area contributed by atoms with Gasteiger partial charge in [0.1, 0.15) is 12.3 Å². The summed E-state index contributed by atoms with van der Waals surface area (Å²) in [4.78, 5) is 24.1. The quantitative estimate of drug-likeness (QED) is 0.335. The zero-order valence-corrected chi connectivity index (χ0v) is 20.0. The van der Waals surface area contributed by atoms with E-state index in [9.17, 15) is 14.7 Å². The number of hydrogen-bond acceptors (Lipinski definition) is 4. The number of nitrogens with one attached hydrogen (secondary N) is 1. The number of carbonyl (C=O) groups is 2. The van der Waals surface area contributed by atoms with Crippen LogP contribution in [0.4, 0.5) is 0 Å². The molecular weight excluding hydrogens is 510 g/mol. The Kier molecular flexibility index (Phi) is 8.52. The zero-order chi connectivity index (χ0) is 23.8. The molecule has 3 aromatic carbocycles. The summed E-state index contributed by atoms with van der Waals surface area (Å²) in [7, 11) is 0. The van der Waals surface area contributed by atoms with Crippen LogP contribution in [-0.2, 0) is 11.4 Å². The van der Waals surface area contributed by atoms with Gasteiger partial charge in [-0.15, -0.1) is 0 Å². The molecule has 3 rings (SSSR count). The van der Waals surface area contributed by atoms with Crippen molar-refractivity contribution in [3.05, 3.63) is 98.6 Å². The first-order chi connectivity index (χ1) is 15.9. The lowest BCUT2D eigenvalue weighted by molar-refractivity contribution is -0.132. The van der Waals surface area contributed by atoms with Gasteiger partial charge in [-0.05, 0) is 60.5 Å². The minimum atomic E-state index is -1.29. The molecule has 6 nitrogen and oxygen atoms in total. The lowest BCUT2D eigenvalue weighted by atomic mass is 10.1. The van der Waals surface area contributed by atoms with E-state index in [1.807, 2.05) is 31.2 Å². The van der Waals surface area contributed by atoms with Crippen molar-refractivity contribution in [3.63, 3.8) is 0 Å². The third-order valence-corrected chi connectivity index (χ3v) is 5.26. The number of carboxylic acids is 1. The van der Waals surface area contributed by atoms with Gasteiger partial charge in [-0.2, -0.15) is 0 Å². The Morgan fingerprint density at radius 2 is 1.76 bits per heavy atom. The van der Waals surface area contributed by atoms with Crippen LogP contribution in [0.15, 0.2) is 76.9 Å². The van der Waals surface area contributed by atoms with Crippen LogP contribution in [0.25, 0.3) is 6.08 Å². The lowest BCUT2D eigenvalue weighted by Gasteiger charge is -2.15. The molecule has 2 N–H and O–H groups in total. The largest absolute Gasteiger partial charge is 0.490 e. The van der Waals surface area contributed by atoms with Gasteiger partial charge in [0.05, 0.1) is 11.6 Å². The second-order valence-corrected chi connectivity index (χ2v) is 8.18. The molecule has 0 heterocycles. The highest BCUT2D eigenvalue weighted by atomic mass is 79.9. The van der Waals surface area contributed by atoms with Gasteiger partial charge in [-0.1, -0.05) is 57.9 Å². The van der Waals surface area contributed by atoms with Crippen molar-refractivity contribution < 1.29 is 24.2 Å². The number of halogens is 2. The minimum absolute atomic E-state index is 0.253. The smallest absolute Gasteiger partial charge is 0.352 e. The number of ether oxygens (including phenoxy) is 2. The maximum atomic E-state index is 12.4. The Bertz CT molecular complexity index is 1160. The highest BCUT2D eigenvalue weighted by molar-refractivity contribution is 9.10. The average molecular weight is 531 g/mol. The predicted molar refractivity (Wildman–Crippen MR) is 131 cm³/mol. The van der Waals surface area contributed by atoms with Crippen LogP contribution in [0, 0.1) is 0 Å². The molecule has 0 aliphatic rings. The maximum absolute atomic E-state index is 12.4. The molecule has 0 aliphatic heterocycles. The third-order valence-electron chi connectivity index (χ3n) is 4.45. The van der Waals surface area contributed by atoms with Gasteiger partial charge in [0.15, 0.2) is 11.5 Å². The van der Waals surface area contributed by atoms with Crippen molar-refractivity contribution in [2.45, 2.75) is 13.5 Å². The standard InChI is InChI=1S/C25H21BrClNO5/c1-2-32-22-14-17(12-20(27)23(22)33-15-16-8-10-19(26)11-9-16)13-21(25(30)31)28-24(29)18-6-4-3-5-7-18/h3-14H,2,15H2,1H3,(H,28,29)(H,30,31)/b21-13+. The number of carbonyl (C=O) groups excluding carboxylic acids is 1. The van der Waals surface area contributed by atoms with Crippen LogP contribution in [-0.4, -0.2) is 23.6 Å². The molecular formula is C25H21BrClNO5. The highest BCUT2D eigenvalue weighted by Gasteiger charge is 2.16. The van der Waals surface area contributed by atoms with E-state index in [-0.39, 0.29) is 17.3 Å². The van der Waals surface area contributed by atoms with Crippen molar-refractivity contribution in [1.29, 1.82) is 0 Å². The molecule has 0 atom stereocenters. The van der Waals surface area contributed by atoms with Crippen molar-refractivity contribution in [3.8, 4) is 11.5 Å². The molecule has 0 radical (unpaired) electrons. The molecule has 0 fully saturated rings. The molecule has 0 saturated carbocycles. The molecule has 0 unspecified atom stereocenters. The normalized spacial score (nSPS) is 11.1. The van der Waals surface area contributed by atoms with Gasteiger partial charge in [-0.25, -0.2) is 4.79 Å². The summed E-state index contributed by atoms with van der Waals surface area (Å²) in [5.74, 6) is -1.10. The molecule has 0 bridgehead atoms. The summed E-state index contributed by atoms with van der Waals surface area (Å²) in [5, 5.41) is 12.3.